The molecule has 0 unspecified atom stereocenters. The van der Waals surface area contributed by atoms with E-state index in [9.17, 15) is 14.0 Å². The molecule has 0 saturated heterocycles. The molecule has 4 rings (SSSR count). The van der Waals surface area contributed by atoms with Gasteiger partial charge in [0.1, 0.15) is 34.4 Å². The van der Waals surface area contributed by atoms with Crippen LogP contribution in [-0.2, 0) is 0 Å². The fourth-order valence-corrected chi connectivity index (χ4v) is 3.68. The van der Waals surface area contributed by atoms with E-state index in [2.05, 4.69) is 0 Å². The summed E-state index contributed by atoms with van der Waals surface area (Å²) < 4.78 is 36.0. The molecule has 0 aliphatic carbocycles. The first-order valence-electron chi connectivity index (χ1n) is 9.80. The van der Waals surface area contributed by atoms with Crippen molar-refractivity contribution in [1.29, 1.82) is 0 Å². The lowest BCUT2D eigenvalue weighted by molar-refractivity contribution is 0.0726. The first-order chi connectivity index (χ1) is 15.8. The van der Waals surface area contributed by atoms with E-state index in [-0.39, 0.29) is 50.5 Å². The Hall–Kier alpha value is -3.84. The summed E-state index contributed by atoms with van der Waals surface area (Å²) >= 11 is 6.06. The van der Waals surface area contributed by atoms with Crippen molar-refractivity contribution in [3.05, 3.63) is 87.4 Å². The number of carbonyl (C=O) groups is 2. The van der Waals surface area contributed by atoms with Crippen LogP contribution in [0.1, 0.15) is 31.8 Å². The van der Waals surface area contributed by atoms with Gasteiger partial charge >= 0.3 is 5.97 Å². The monoisotopic (exact) mass is 468 g/mol. The highest BCUT2D eigenvalue weighted by Crippen LogP contribution is 2.40. The number of ketones is 1. The van der Waals surface area contributed by atoms with Crippen molar-refractivity contribution < 1.29 is 32.9 Å². The lowest BCUT2D eigenvalue weighted by atomic mass is 10.1. The molecule has 3 aromatic carbocycles. The van der Waals surface area contributed by atoms with Gasteiger partial charge in [-0.25, -0.2) is 9.18 Å². The number of methoxy groups -OCH3 is 2. The van der Waals surface area contributed by atoms with E-state index in [0.717, 1.165) is 0 Å². The molecule has 0 aromatic heterocycles. The molecular formula is C25H18ClFO6. The largest absolute Gasteiger partial charge is 0.496 e. The second kappa shape index (κ2) is 8.96. The molecule has 3 aromatic rings. The normalized spacial score (nSPS) is 13.5. The van der Waals surface area contributed by atoms with Gasteiger partial charge in [-0.15, -0.1) is 0 Å². The van der Waals surface area contributed by atoms with Gasteiger partial charge in [0, 0.05) is 11.1 Å². The molecule has 0 radical (unpaired) electrons. The predicted molar refractivity (Wildman–Crippen MR) is 120 cm³/mol. The number of benzene rings is 3. The van der Waals surface area contributed by atoms with Crippen molar-refractivity contribution >= 4 is 29.4 Å². The number of halogens is 2. The minimum absolute atomic E-state index is 0.0443. The van der Waals surface area contributed by atoms with Crippen LogP contribution in [0.15, 0.2) is 54.3 Å². The zero-order valence-corrected chi connectivity index (χ0v) is 18.7. The summed E-state index contributed by atoms with van der Waals surface area (Å²) in [5.74, 6) is -0.828. The van der Waals surface area contributed by atoms with Crippen molar-refractivity contribution in [2.45, 2.75) is 6.92 Å². The fourth-order valence-electron chi connectivity index (χ4n) is 3.46. The van der Waals surface area contributed by atoms with Gasteiger partial charge in [0.05, 0.1) is 24.8 Å². The van der Waals surface area contributed by atoms with Crippen LogP contribution in [0.5, 0.6) is 23.0 Å². The number of ether oxygens (including phenoxy) is 4. The molecule has 0 N–H and O–H groups in total. The summed E-state index contributed by atoms with van der Waals surface area (Å²) in [5, 5.41) is 0.145. The number of esters is 1. The average Bonchev–Trinajstić information content (AvgIpc) is 3.13. The standard InChI is InChI=1S/C25H18ClFO6/c1-13-18(33-25(29)22-19(30-2)8-5-9-20(22)31-3)11-10-14-23(28)21(32-24(13)14)12-15-16(26)6-4-7-17(15)27/h4-12H,1-3H3/b21-12-. The SMILES string of the molecule is COc1cccc(OC)c1C(=O)Oc1ccc2c(c1C)O/C(=C\c1c(F)cccc1Cl)C2=O. The van der Waals surface area contributed by atoms with Gasteiger partial charge in [0.25, 0.3) is 0 Å². The Morgan fingerprint density at radius 3 is 2.30 bits per heavy atom. The topological polar surface area (TPSA) is 71.1 Å². The van der Waals surface area contributed by atoms with Crippen LogP contribution in [-0.4, -0.2) is 26.0 Å². The number of hydrogen-bond acceptors (Lipinski definition) is 6. The molecule has 1 aliphatic heterocycles. The van der Waals surface area contributed by atoms with Gasteiger partial charge in [-0.05, 0) is 49.4 Å². The lowest BCUT2D eigenvalue weighted by Crippen LogP contribution is -2.12. The number of hydrogen-bond donors (Lipinski definition) is 0. The zero-order chi connectivity index (χ0) is 23.7. The maximum Gasteiger partial charge on any atom is 0.351 e. The van der Waals surface area contributed by atoms with Gasteiger partial charge < -0.3 is 18.9 Å². The number of rotatable bonds is 5. The molecule has 168 valence electrons. The van der Waals surface area contributed by atoms with E-state index >= 15 is 0 Å². The van der Waals surface area contributed by atoms with E-state index in [4.69, 9.17) is 30.5 Å². The van der Waals surface area contributed by atoms with E-state index < -0.39 is 17.6 Å². The van der Waals surface area contributed by atoms with Gasteiger partial charge in [0.2, 0.25) is 5.78 Å². The summed E-state index contributed by atoms with van der Waals surface area (Å²) in [4.78, 5) is 25.7. The number of Topliss-reactive ketones (excluding diaryl/α,β-unsaturated/α-hetero) is 1. The maximum atomic E-state index is 14.2. The first-order valence-corrected chi connectivity index (χ1v) is 10.2. The third-order valence-corrected chi connectivity index (χ3v) is 5.48. The predicted octanol–water partition coefficient (Wildman–Crippen LogP) is 5.64. The molecule has 1 heterocycles. The first kappa shape index (κ1) is 22.4. The Morgan fingerprint density at radius 1 is 1.00 bits per heavy atom. The molecule has 0 fully saturated rings. The van der Waals surface area contributed by atoms with E-state index in [1.54, 1.807) is 25.1 Å². The molecule has 8 heteroatoms. The minimum Gasteiger partial charge on any atom is -0.496 e. The summed E-state index contributed by atoms with van der Waals surface area (Å²) in [7, 11) is 2.86. The molecule has 0 atom stereocenters. The van der Waals surface area contributed by atoms with Crippen LogP contribution in [0.4, 0.5) is 4.39 Å². The van der Waals surface area contributed by atoms with Gasteiger partial charge in [-0.3, -0.25) is 4.79 Å². The lowest BCUT2D eigenvalue weighted by Gasteiger charge is -2.14. The van der Waals surface area contributed by atoms with Crippen molar-refractivity contribution in [2.24, 2.45) is 0 Å². The molecule has 0 saturated carbocycles. The van der Waals surface area contributed by atoms with Crippen LogP contribution in [0, 0.1) is 12.7 Å². The second-order valence-corrected chi connectivity index (χ2v) is 7.47. The maximum absolute atomic E-state index is 14.2. The van der Waals surface area contributed by atoms with Crippen LogP contribution < -0.4 is 18.9 Å². The Morgan fingerprint density at radius 2 is 1.67 bits per heavy atom. The van der Waals surface area contributed by atoms with Gasteiger partial charge in [-0.1, -0.05) is 23.7 Å². The molecule has 33 heavy (non-hydrogen) atoms. The summed E-state index contributed by atoms with van der Waals surface area (Å²) in [6.07, 6.45) is 1.25. The third-order valence-electron chi connectivity index (χ3n) is 5.15. The molecule has 0 amide bonds. The number of carbonyl (C=O) groups excluding carboxylic acids is 2. The van der Waals surface area contributed by atoms with Crippen molar-refractivity contribution in [1.82, 2.24) is 0 Å². The fraction of sp³-hybridized carbons (Fsp3) is 0.120. The Bertz CT molecular complexity index is 1270. The Balaban J connectivity index is 1.67. The average molecular weight is 469 g/mol. The van der Waals surface area contributed by atoms with Crippen molar-refractivity contribution in [2.75, 3.05) is 14.2 Å². The number of allylic oxidation sites excluding steroid dienone is 1. The van der Waals surface area contributed by atoms with E-state index in [0.29, 0.717) is 5.56 Å². The smallest absolute Gasteiger partial charge is 0.351 e. The highest BCUT2D eigenvalue weighted by molar-refractivity contribution is 6.32. The third kappa shape index (κ3) is 4.03. The van der Waals surface area contributed by atoms with E-state index in [1.165, 1.54) is 50.6 Å². The summed E-state index contributed by atoms with van der Waals surface area (Å²) in [6.45, 7) is 1.65. The highest BCUT2D eigenvalue weighted by Gasteiger charge is 2.31. The number of fused-ring (bicyclic) bond motifs is 1. The Labute approximate surface area is 194 Å². The van der Waals surface area contributed by atoms with Gasteiger partial charge in [-0.2, -0.15) is 0 Å². The Kier molecular flexibility index (Phi) is 6.07. The second-order valence-electron chi connectivity index (χ2n) is 7.07. The molecule has 1 aliphatic rings. The molecule has 0 bridgehead atoms. The molecule has 0 spiro atoms. The zero-order valence-electron chi connectivity index (χ0n) is 17.9. The van der Waals surface area contributed by atoms with Crippen molar-refractivity contribution in [3.63, 3.8) is 0 Å². The van der Waals surface area contributed by atoms with Crippen LogP contribution in [0.3, 0.4) is 0 Å². The van der Waals surface area contributed by atoms with Crippen molar-refractivity contribution in [3.8, 4) is 23.0 Å². The van der Waals surface area contributed by atoms with E-state index in [1.807, 2.05) is 0 Å². The summed E-state index contributed by atoms with van der Waals surface area (Å²) in [5.41, 5.74) is 0.851. The summed E-state index contributed by atoms with van der Waals surface area (Å²) in [6, 6.07) is 12.1. The van der Waals surface area contributed by atoms with Crippen LogP contribution in [0.25, 0.3) is 6.08 Å². The highest BCUT2D eigenvalue weighted by atomic mass is 35.5. The van der Waals surface area contributed by atoms with Gasteiger partial charge in [0.15, 0.2) is 5.76 Å². The van der Waals surface area contributed by atoms with Crippen LogP contribution >= 0.6 is 11.6 Å². The molecular weight excluding hydrogens is 451 g/mol. The van der Waals surface area contributed by atoms with Crippen LogP contribution in [0.2, 0.25) is 5.02 Å². The minimum atomic E-state index is -0.703. The molecule has 6 nitrogen and oxygen atoms in total. The quantitative estimate of drug-likeness (QED) is 0.274.